The van der Waals surface area contributed by atoms with E-state index in [1.54, 1.807) is 5.32 Å². The first-order valence-electron chi connectivity index (χ1n) is 4.83. The summed E-state index contributed by atoms with van der Waals surface area (Å²) in [5.74, 6) is -0.335. The predicted octanol–water partition coefficient (Wildman–Crippen LogP) is 0.796. The Kier molecular flexibility index (Phi) is 4.61. The summed E-state index contributed by atoms with van der Waals surface area (Å²) in [6.07, 6.45) is 0. The normalized spacial score (nSPS) is 12.2. The lowest BCUT2D eigenvalue weighted by Crippen LogP contribution is -2.79. The van der Waals surface area contributed by atoms with E-state index in [0.29, 0.717) is 16.3 Å². The minimum absolute atomic E-state index is 0.153. The maximum atomic E-state index is 12.7. The highest BCUT2D eigenvalue weighted by Gasteiger charge is 2.12. The lowest BCUT2D eigenvalue weighted by molar-refractivity contribution is -0.576. The molecule has 0 radical (unpaired) electrons. The van der Waals surface area contributed by atoms with Gasteiger partial charge in [-0.3, -0.25) is 5.41 Å². The van der Waals surface area contributed by atoms with Gasteiger partial charge in [-0.25, -0.2) is 4.39 Å². The lowest BCUT2D eigenvalue weighted by Gasteiger charge is -2.05. The van der Waals surface area contributed by atoms with E-state index in [0.717, 1.165) is 0 Å². The standard InChI is InChI=1S/C11H13ClFN3/c1-16-9(6-14)10(12)11(15)7-2-4-8(13)5-3-7/h2-5,15-16H,6,14H2,1H3/p+1. The summed E-state index contributed by atoms with van der Waals surface area (Å²) in [6.45, 7) is 0.277. The van der Waals surface area contributed by atoms with Gasteiger partial charge in [0.25, 0.3) is 0 Å². The van der Waals surface area contributed by atoms with Crippen molar-refractivity contribution in [2.24, 2.45) is 5.73 Å². The summed E-state index contributed by atoms with van der Waals surface area (Å²) in [6, 6.07) is 5.63. The maximum absolute atomic E-state index is 12.7. The van der Waals surface area contributed by atoms with Gasteiger partial charge in [0.05, 0.1) is 19.3 Å². The molecule has 16 heavy (non-hydrogen) atoms. The molecule has 3 nitrogen and oxygen atoms in total. The number of quaternary nitrogens is 1. The van der Waals surface area contributed by atoms with Crippen molar-refractivity contribution in [2.75, 3.05) is 13.6 Å². The Morgan fingerprint density at radius 1 is 1.44 bits per heavy atom. The van der Waals surface area contributed by atoms with E-state index in [1.165, 1.54) is 24.3 Å². The van der Waals surface area contributed by atoms with Crippen molar-refractivity contribution < 1.29 is 9.71 Å². The van der Waals surface area contributed by atoms with Crippen LogP contribution in [0.2, 0.25) is 0 Å². The quantitative estimate of drug-likeness (QED) is 0.672. The molecule has 0 aromatic heterocycles. The number of nitrogens with two attached hydrogens (primary N) is 2. The third kappa shape index (κ3) is 2.88. The number of hydrogen-bond acceptors (Lipinski definition) is 2. The molecule has 1 aromatic carbocycles. The SMILES string of the molecule is C[NH2+]C(CN)=C(Cl)C(=N)c1ccc(F)cc1. The number of allylic oxidation sites excluding steroid dienone is 1. The first-order chi connectivity index (χ1) is 7.60. The van der Waals surface area contributed by atoms with Crippen LogP contribution in [0.4, 0.5) is 4.39 Å². The number of halogens is 2. The zero-order valence-electron chi connectivity index (χ0n) is 8.93. The number of benzene rings is 1. The second-order valence-corrected chi connectivity index (χ2v) is 3.59. The number of hydrogen-bond donors (Lipinski definition) is 3. The molecule has 0 saturated heterocycles. The number of nitrogens with one attached hydrogen (secondary N) is 1. The van der Waals surface area contributed by atoms with Gasteiger partial charge in [0.1, 0.15) is 16.5 Å². The van der Waals surface area contributed by atoms with Crippen molar-refractivity contribution in [3.05, 3.63) is 46.4 Å². The molecule has 0 saturated carbocycles. The maximum Gasteiger partial charge on any atom is 0.140 e. The molecule has 0 fully saturated rings. The summed E-state index contributed by atoms with van der Waals surface area (Å²) < 4.78 is 12.7. The van der Waals surface area contributed by atoms with Crippen LogP contribution < -0.4 is 11.1 Å². The van der Waals surface area contributed by atoms with Crippen LogP contribution in [0, 0.1) is 11.2 Å². The van der Waals surface area contributed by atoms with Crippen LogP contribution in [0.25, 0.3) is 0 Å². The Morgan fingerprint density at radius 2 is 2.00 bits per heavy atom. The highest BCUT2D eigenvalue weighted by Crippen LogP contribution is 2.13. The van der Waals surface area contributed by atoms with Crippen molar-refractivity contribution in [1.29, 1.82) is 5.41 Å². The van der Waals surface area contributed by atoms with Gasteiger partial charge in [-0.15, -0.1) is 0 Å². The van der Waals surface area contributed by atoms with Crippen molar-refractivity contribution in [3.63, 3.8) is 0 Å². The minimum Gasteiger partial charge on any atom is -0.322 e. The Hall–Kier alpha value is -1.23. The molecule has 0 aliphatic carbocycles. The fourth-order valence-corrected chi connectivity index (χ4v) is 1.53. The van der Waals surface area contributed by atoms with Crippen molar-refractivity contribution >= 4 is 17.3 Å². The Bertz CT molecular complexity index is 406. The average Bonchev–Trinajstić information content (AvgIpc) is 2.30. The Balaban J connectivity index is 3.02. The second kappa shape index (κ2) is 5.75. The molecule has 5 N–H and O–H groups in total. The van der Waals surface area contributed by atoms with Crippen LogP contribution >= 0.6 is 11.6 Å². The molecule has 0 aliphatic rings. The predicted molar refractivity (Wildman–Crippen MR) is 63.0 cm³/mol. The Morgan fingerprint density at radius 3 is 2.44 bits per heavy atom. The highest BCUT2D eigenvalue weighted by atomic mass is 35.5. The first-order valence-corrected chi connectivity index (χ1v) is 5.21. The average molecular weight is 243 g/mol. The van der Waals surface area contributed by atoms with Gasteiger partial charge in [-0.1, -0.05) is 11.6 Å². The van der Waals surface area contributed by atoms with Crippen molar-refractivity contribution in [3.8, 4) is 0 Å². The molecule has 0 amide bonds. The van der Waals surface area contributed by atoms with Crippen molar-refractivity contribution in [1.82, 2.24) is 0 Å². The zero-order valence-corrected chi connectivity index (χ0v) is 9.68. The van der Waals surface area contributed by atoms with Gasteiger partial charge in [-0.05, 0) is 24.3 Å². The molecule has 1 rings (SSSR count). The fraction of sp³-hybridized carbons (Fsp3) is 0.182. The smallest absolute Gasteiger partial charge is 0.140 e. The molecule has 0 bridgehead atoms. The van der Waals surface area contributed by atoms with Crippen LogP contribution in [0.5, 0.6) is 0 Å². The summed E-state index contributed by atoms with van der Waals surface area (Å²) in [5, 5.41) is 9.92. The van der Waals surface area contributed by atoms with Crippen molar-refractivity contribution in [2.45, 2.75) is 0 Å². The molecule has 0 spiro atoms. The molecule has 0 atom stereocenters. The third-order valence-corrected chi connectivity index (χ3v) is 2.63. The molecule has 0 heterocycles. The highest BCUT2D eigenvalue weighted by molar-refractivity contribution is 6.45. The van der Waals surface area contributed by atoms with Gasteiger partial charge < -0.3 is 11.1 Å². The molecular formula is C11H14ClFN3+. The van der Waals surface area contributed by atoms with Gasteiger partial charge in [0.15, 0.2) is 0 Å². The van der Waals surface area contributed by atoms with E-state index in [4.69, 9.17) is 22.7 Å². The van der Waals surface area contributed by atoms with E-state index < -0.39 is 0 Å². The minimum atomic E-state index is -0.335. The summed E-state index contributed by atoms with van der Waals surface area (Å²) in [4.78, 5) is 0. The molecule has 0 unspecified atom stereocenters. The van der Waals surface area contributed by atoms with Crippen LogP contribution in [0.1, 0.15) is 5.56 Å². The van der Waals surface area contributed by atoms with Crippen LogP contribution in [-0.4, -0.2) is 19.3 Å². The van der Waals surface area contributed by atoms with Crippen LogP contribution in [0.15, 0.2) is 35.0 Å². The van der Waals surface area contributed by atoms with E-state index in [1.807, 2.05) is 7.05 Å². The molecule has 86 valence electrons. The van der Waals surface area contributed by atoms with Gasteiger partial charge in [-0.2, -0.15) is 0 Å². The fourth-order valence-electron chi connectivity index (χ4n) is 1.24. The summed E-state index contributed by atoms with van der Waals surface area (Å²) in [5.41, 5.74) is 6.92. The number of likely N-dealkylation sites (N-methyl/N-ethyl adjacent to an activating group) is 1. The number of rotatable bonds is 4. The van der Waals surface area contributed by atoms with Crippen LogP contribution in [0.3, 0.4) is 0 Å². The monoisotopic (exact) mass is 242 g/mol. The van der Waals surface area contributed by atoms with E-state index in [9.17, 15) is 4.39 Å². The second-order valence-electron chi connectivity index (χ2n) is 3.21. The largest absolute Gasteiger partial charge is 0.322 e. The van der Waals surface area contributed by atoms with E-state index in [-0.39, 0.29) is 18.1 Å². The van der Waals surface area contributed by atoms with Gasteiger partial charge >= 0.3 is 0 Å². The van der Waals surface area contributed by atoms with E-state index >= 15 is 0 Å². The summed E-state index contributed by atoms with van der Waals surface area (Å²) >= 11 is 6.02. The van der Waals surface area contributed by atoms with Gasteiger partial charge in [0.2, 0.25) is 0 Å². The first kappa shape index (κ1) is 12.8. The molecule has 0 aliphatic heterocycles. The van der Waals surface area contributed by atoms with E-state index in [2.05, 4.69) is 0 Å². The topological polar surface area (TPSA) is 66.5 Å². The Labute approximate surface area is 98.6 Å². The third-order valence-electron chi connectivity index (χ3n) is 2.20. The van der Waals surface area contributed by atoms with Crippen LogP contribution in [-0.2, 0) is 0 Å². The summed E-state index contributed by atoms with van der Waals surface area (Å²) in [7, 11) is 1.81. The lowest BCUT2D eigenvalue weighted by atomic mass is 10.1. The zero-order chi connectivity index (χ0) is 12.1. The molecular weight excluding hydrogens is 229 g/mol. The van der Waals surface area contributed by atoms with Gasteiger partial charge in [0, 0.05) is 5.56 Å². The molecule has 5 heteroatoms. The molecule has 1 aromatic rings.